The first-order valence-electron chi connectivity index (χ1n) is 9.31. The molecule has 0 unspecified atom stereocenters. The molecule has 0 aliphatic heterocycles. The molecular formula is C22H30N2O3. The Morgan fingerprint density at radius 2 is 1.37 bits per heavy atom. The molecule has 0 aromatic heterocycles. The van der Waals surface area contributed by atoms with Crippen molar-refractivity contribution in [2.24, 2.45) is 0 Å². The molecule has 5 heteroatoms. The Hall–Kier alpha value is -2.21. The van der Waals surface area contributed by atoms with Crippen LogP contribution in [0.3, 0.4) is 0 Å². The van der Waals surface area contributed by atoms with Gasteiger partial charge in [-0.25, -0.2) is 0 Å². The van der Waals surface area contributed by atoms with Crippen LogP contribution >= 0.6 is 0 Å². The van der Waals surface area contributed by atoms with Crippen LogP contribution in [0.25, 0.3) is 0 Å². The van der Waals surface area contributed by atoms with Crippen LogP contribution in [0.2, 0.25) is 0 Å². The predicted molar refractivity (Wildman–Crippen MR) is 108 cm³/mol. The lowest BCUT2D eigenvalue weighted by Crippen LogP contribution is -2.41. The molecule has 27 heavy (non-hydrogen) atoms. The van der Waals surface area contributed by atoms with Gasteiger partial charge in [0.2, 0.25) is 5.91 Å². The van der Waals surface area contributed by atoms with Crippen molar-refractivity contribution in [2.45, 2.75) is 5.92 Å². The van der Waals surface area contributed by atoms with Gasteiger partial charge in [0.1, 0.15) is 0 Å². The molecule has 146 valence electrons. The first-order valence-corrected chi connectivity index (χ1v) is 9.31. The van der Waals surface area contributed by atoms with E-state index < -0.39 is 0 Å². The van der Waals surface area contributed by atoms with Crippen LogP contribution in [0.5, 0.6) is 0 Å². The Kier molecular flexibility index (Phi) is 9.55. The molecule has 1 N–H and O–H groups in total. The number of hydrogen-bond donors (Lipinski definition) is 1. The fourth-order valence-corrected chi connectivity index (χ4v) is 2.98. The zero-order chi connectivity index (χ0) is 19.3. The van der Waals surface area contributed by atoms with Crippen molar-refractivity contribution in [2.75, 3.05) is 53.6 Å². The van der Waals surface area contributed by atoms with E-state index >= 15 is 0 Å². The van der Waals surface area contributed by atoms with E-state index in [-0.39, 0.29) is 11.8 Å². The van der Waals surface area contributed by atoms with Crippen LogP contribution in [0, 0.1) is 0 Å². The monoisotopic (exact) mass is 370 g/mol. The number of carbonyl (C=O) groups excluding carboxylic acids is 1. The highest BCUT2D eigenvalue weighted by molar-refractivity contribution is 5.78. The molecule has 0 aliphatic carbocycles. The van der Waals surface area contributed by atoms with Crippen LogP contribution in [0.4, 0.5) is 0 Å². The number of carbonyl (C=O) groups is 1. The maximum absolute atomic E-state index is 12.5. The SMILES string of the molecule is COCCN(CCOC)CC(=O)NCC(c1ccccc1)c1ccccc1. The molecule has 0 aliphatic rings. The molecule has 0 bridgehead atoms. The molecule has 0 saturated heterocycles. The highest BCUT2D eigenvalue weighted by Crippen LogP contribution is 2.23. The second-order valence-electron chi connectivity index (χ2n) is 6.44. The minimum atomic E-state index is 0.0130. The summed E-state index contributed by atoms with van der Waals surface area (Å²) in [5, 5.41) is 3.10. The molecule has 0 atom stereocenters. The lowest BCUT2D eigenvalue weighted by Gasteiger charge is -2.23. The van der Waals surface area contributed by atoms with E-state index in [4.69, 9.17) is 9.47 Å². The summed E-state index contributed by atoms with van der Waals surface area (Å²) >= 11 is 0. The molecule has 2 rings (SSSR count). The molecule has 1 amide bonds. The number of methoxy groups -OCH3 is 2. The zero-order valence-electron chi connectivity index (χ0n) is 16.3. The minimum Gasteiger partial charge on any atom is -0.383 e. The Labute approximate surface area is 162 Å². The van der Waals surface area contributed by atoms with Gasteiger partial charge in [0, 0.05) is 39.8 Å². The van der Waals surface area contributed by atoms with Gasteiger partial charge in [0.05, 0.1) is 19.8 Å². The molecule has 0 fully saturated rings. The van der Waals surface area contributed by atoms with Crippen LogP contribution in [-0.4, -0.2) is 64.4 Å². The second-order valence-corrected chi connectivity index (χ2v) is 6.44. The number of rotatable bonds is 12. The van der Waals surface area contributed by atoms with Crippen LogP contribution in [0.15, 0.2) is 60.7 Å². The first kappa shape index (κ1) is 21.1. The van der Waals surface area contributed by atoms with E-state index in [1.807, 2.05) is 41.3 Å². The zero-order valence-corrected chi connectivity index (χ0v) is 16.3. The Morgan fingerprint density at radius 3 is 1.81 bits per heavy atom. The number of amides is 1. The summed E-state index contributed by atoms with van der Waals surface area (Å²) in [6.45, 7) is 3.49. The molecular weight excluding hydrogens is 340 g/mol. The Balaban J connectivity index is 1.98. The summed E-state index contributed by atoms with van der Waals surface area (Å²) in [5.74, 6) is 0.141. The van der Waals surface area contributed by atoms with Crippen molar-refractivity contribution in [3.63, 3.8) is 0 Å². The van der Waals surface area contributed by atoms with E-state index in [0.29, 0.717) is 39.4 Å². The highest BCUT2D eigenvalue weighted by Gasteiger charge is 2.16. The van der Waals surface area contributed by atoms with Crippen molar-refractivity contribution >= 4 is 5.91 Å². The van der Waals surface area contributed by atoms with Gasteiger partial charge in [0.25, 0.3) is 0 Å². The van der Waals surface area contributed by atoms with E-state index in [9.17, 15) is 4.79 Å². The van der Waals surface area contributed by atoms with Gasteiger partial charge in [0.15, 0.2) is 0 Å². The largest absolute Gasteiger partial charge is 0.383 e. The van der Waals surface area contributed by atoms with Gasteiger partial charge in [-0.1, -0.05) is 60.7 Å². The van der Waals surface area contributed by atoms with Crippen LogP contribution in [0.1, 0.15) is 17.0 Å². The number of ether oxygens (including phenoxy) is 2. The Morgan fingerprint density at radius 1 is 0.889 bits per heavy atom. The molecule has 0 radical (unpaired) electrons. The van der Waals surface area contributed by atoms with Crippen LogP contribution in [-0.2, 0) is 14.3 Å². The third kappa shape index (κ3) is 7.51. The quantitative estimate of drug-likeness (QED) is 0.624. The van der Waals surface area contributed by atoms with E-state index in [1.165, 1.54) is 11.1 Å². The second kappa shape index (κ2) is 12.2. The van der Waals surface area contributed by atoms with Crippen LogP contribution < -0.4 is 5.32 Å². The van der Waals surface area contributed by atoms with Gasteiger partial charge in [-0.15, -0.1) is 0 Å². The molecule has 0 heterocycles. The lowest BCUT2D eigenvalue weighted by molar-refractivity contribution is -0.122. The predicted octanol–water partition coefficient (Wildman–Crippen LogP) is 2.53. The smallest absolute Gasteiger partial charge is 0.234 e. The maximum Gasteiger partial charge on any atom is 0.234 e. The fourth-order valence-electron chi connectivity index (χ4n) is 2.98. The maximum atomic E-state index is 12.5. The first-order chi connectivity index (χ1) is 13.2. The summed E-state index contributed by atoms with van der Waals surface area (Å²) in [4.78, 5) is 14.6. The van der Waals surface area contributed by atoms with Crippen molar-refractivity contribution in [1.29, 1.82) is 0 Å². The molecule has 2 aromatic rings. The summed E-state index contributed by atoms with van der Waals surface area (Å²) in [7, 11) is 3.33. The fraction of sp³-hybridized carbons (Fsp3) is 0.409. The van der Waals surface area contributed by atoms with Gasteiger partial charge in [-0.2, -0.15) is 0 Å². The molecule has 0 saturated carbocycles. The number of hydrogen-bond acceptors (Lipinski definition) is 4. The minimum absolute atomic E-state index is 0.0130. The van der Waals surface area contributed by atoms with Gasteiger partial charge >= 0.3 is 0 Å². The third-order valence-electron chi connectivity index (χ3n) is 4.50. The average Bonchev–Trinajstić information content (AvgIpc) is 2.71. The van der Waals surface area contributed by atoms with Gasteiger partial charge in [-0.05, 0) is 11.1 Å². The van der Waals surface area contributed by atoms with Gasteiger partial charge in [-0.3, -0.25) is 9.69 Å². The third-order valence-corrected chi connectivity index (χ3v) is 4.50. The number of nitrogens with zero attached hydrogens (tertiary/aromatic N) is 1. The topological polar surface area (TPSA) is 50.8 Å². The standard InChI is InChI=1S/C22H30N2O3/c1-26-15-13-24(14-16-27-2)18-22(25)23-17-21(19-9-5-3-6-10-19)20-11-7-4-8-12-20/h3-12,21H,13-18H2,1-2H3,(H,23,25). The Bertz CT molecular complexity index is 602. The van der Waals surface area contributed by atoms with Crippen molar-refractivity contribution in [1.82, 2.24) is 10.2 Å². The summed E-state index contributed by atoms with van der Waals surface area (Å²) < 4.78 is 10.3. The average molecular weight is 370 g/mol. The molecule has 2 aromatic carbocycles. The number of benzene rings is 2. The van der Waals surface area contributed by atoms with Crippen molar-refractivity contribution in [3.05, 3.63) is 71.8 Å². The molecule has 5 nitrogen and oxygen atoms in total. The summed E-state index contributed by atoms with van der Waals surface area (Å²) in [6.07, 6.45) is 0. The normalized spacial score (nSPS) is 11.1. The number of nitrogens with one attached hydrogen (secondary N) is 1. The lowest BCUT2D eigenvalue weighted by atomic mass is 9.91. The van der Waals surface area contributed by atoms with Crippen molar-refractivity contribution < 1.29 is 14.3 Å². The van der Waals surface area contributed by atoms with Crippen molar-refractivity contribution in [3.8, 4) is 0 Å². The van der Waals surface area contributed by atoms with Gasteiger partial charge < -0.3 is 14.8 Å². The van der Waals surface area contributed by atoms with E-state index in [2.05, 4.69) is 29.6 Å². The van der Waals surface area contributed by atoms with E-state index in [0.717, 1.165) is 0 Å². The highest BCUT2D eigenvalue weighted by atomic mass is 16.5. The summed E-state index contributed by atoms with van der Waals surface area (Å²) in [6, 6.07) is 20.6. The summed E-state index contributed by atoms with van der Waals surface area (Å²) in [5.41, 5.74) is 2.39. The molecule has 0 spiro atoms. The van der Waals surface area contributed by atoms with E-state index in [1.54, 1.807) is 14.2 Å².